The molecule has 0 bridgehead atoms. The van der Waals surface area contributed by atoms with Crippen LogP contribution in [0.1, 0.15) is 24.6 Å². The summed E-state index contributed by atoms with van der Waals surface area (Å²) in [7, 11) is 0. The lowest BCUT2D eigenvalue weighted by Gasteiger charge is -2.02. The third-order valence-corrected chi connectivity index (χ3v) is 3.30. The van der Waals surface area contributed by atoms with Crippen molar-refractivity contribution in [3.8, 4) is 0 Å². The lowest BCUT2D eigenvalue weighted by molar-refractivity contribution is 0.738. The van der Waals surface area contributed by atoms with Crippen molar-refractivity contribution >= 4 is 17.2 Å². The summed E-state index contributed by atoms with van der Waals surface area (Å²) in [6.07, 6.45) is 8.39. The Balaban J connectivity index is 1.89. The maximum Gasteiger partial charge on any atom is 0.153 e. The molecule has 3 rings (SSSR count). The Labute approximate surface area is 116 Å². The highest BCUT2D eigenvalue weighted by molar-refractivity contribution is 6.29. The van der Waals surface area contributed by atoms with Crippen molar-refractivity contribution in [2.24, 2.45) is 0 Å². The topological polar surface area (TPSA) is 35.1 Å². The summed E-state index contributed by atoms with van der Waals surface area (Å²) < 4.78 is 3.94. The van der Waals surface area contributed by atoms with Crippen LogP contribution < -0.4 is 0 Å². The molecule has 3 aromatic heterocycles. The molecule has 0 saturated carbocycles. The molecule has 0 N–H and O–H groups in total. The Morgan fingerprint density at radius 1 is 1.26 bits per heavy atom. The fourth-order valence-corrected chi connectivity index (χ4v) is 2.36. The minimum absolute atomic E-state index is 0.478. The zero-order chi connectivity index (χ0) is 13.2. The number of aromatic nitrogens is 4. The molecule has 0 radical (unpaired) electrons. The van der Waals surface area contributed by atoms with E-state index in [0.29, 0.717) is 5.15 Å². The van der Waals surface area contributed by atoms with Gasteiger partial charge in [0.1, 0.15) is 5.15 Å². The third kappa shape index (κ3) is 2.49. The molecule has 0 aliphatic rings. The fraction of sp³-hybridized carbons (Fsp3) is 0.286. The molecule has 0 aromatic carbocycles. The summed E-state index contributed by atoms with van der Waals surface area (Å²) in [5.41, 5.74) is 3.21. The monoisotopic (exact) mass is 274 g/mol. The number of nitrogens with zero attached hydrogens (tertiary/aromatic N) is 4. The number of halogens is 1. The Hall–Kier alpha value is -1.81. The average molecular weight is 275 g/mol. The molecule has 5 heteroatoms. The quantitative estimate of drug-likeness (QED) is 0.732. The van der Waals surface area contributed by atoms with Gasteiger partial charge in [0.25, 0.3) is 0 Å². The van der Waals surface area contributed by atoms with E-state index in [1.54, 1.807) is 10.6 Å². The summed E-state index contributed by atoms with van der Waals surface area (Å²) in [4.78, 5) is 4.33. The molecule has 98 valence electrons. The number of aryl methyl sites for hydroxylation is 1. The van der Waals surface area contributed by atoms with Gasteiger partial charge in [0.05, 0.1) is 18.4 Å². The summed E-state index contributed by atoms with van der Waals surface area (Å²) in [5, 5.41) is 4.76. The van der Waals surface area contributed by atoms with Crippen molar-refractivity contribution in [2.75, 3.05) is 0 Å². The minimum atomic E-state index is 0.478. The van der Waals surface area contributed by atoms with E-state index in [-0.39, 0.29) is 0 Å². The highest BCUT2D eigenvalue weighted by atomic mass is 35.5. The van der Waals surface area contributed by atoms with Crippen LogP contribution in [0.4, 0.5) is 0 Å². The molecule has 0 fully saturated rings. The van der Waals surface area contributed by atoms with Crippen LogP contribution in [0.15, 0.2) is 36.8 Å². The van der Waals surface area contributed by atoms with Crippen molar-refractivity contribution in [1.82, 2.24) is 19.2 Å². The highest BCUT2D eigenvalue weighted by Crippen LogP contribution is 2.12. The van der Waals surface area contributed by atoms with Gasteiger partial charge in [0.2, 0.25) is 0 Å². The summed E-state index contributed by atoms with van der Waals surface area (Å²) in [6, 6.07) is 5.78. The number of hydrogen-bond acceptors (Lipinski definition) is 2. The van der Waals surface area contributed by atoms with E-state index >= 15 is 0 Å². The number of rotatable bonds is 4. The molecule has 19 heavy (non-hydrogen) atoms. The second-order valence-corrected chi connectivity index (χ2v) is 5.00. The predicted octanol–water partition coefficient (Wildman–Crippen LogP) is 3.19. The summed E-state index contributed by atoms with van der Waals surface area (Å²) in [6.45, 7) is 2.94. The van der Waals surface area contributed by atoms with Crippen LogP contribution in [-0.2, 0) is 13.0 Å². The van der Waals surface area contributed by atoms with Gasteiger partial charge < -0.3 is 4.57 Å². The first kappa shape index (κ1) is 12.2. The Morgan fingerprint density at radius 2 is 2.16 bits per heavy atom. The van der Waals surface area contributed by atoms with Crippen LogP contribution >= 0.6 is 11.6 Å². The van der Waals surface area contributed by atoms with Crippen molar-refractivity contribution in [3.05, 3.63) is 53.2 Å². The van der Waals surface area contributed by atoms with Crippen LogP contribution in [0.2, 0.25) is 5.15 Å². The maximum atomic E-state index is 5.93. The fourth-order valence-electron chi connectivity index (χ4n) is 2.22. The van der Waals surface area contributed by atoms with Crippen molar-refractivity contribution in [2.45, 2.75) is 26.3 Å². The van der Waals surface area contributed by atoms with E-state index in [2.05, 4.69) is 40.0 Å². The molecule has 0 spiro atoms. The van der Waals surface area contributed by atoms with E-state index in [1.165, 1.54) is 5.56 Å². The van der Waals surface area contributed by atoms with Crippen LogP contribution in [0.25, 0.3) is 5.65 Å². The Morgan fingerprint density at radius 3 is 3.00 bits per heavy atom. The van der Waals surface area contributed by atoms with Gasteiger partial charge in [0.15, 0.2) is 5.65 Å². The van der Waals surface area contributed by atoms with Gasteiger partial charge in [-0.05, 0) is 30.2 Å². The zero-order valence-electron chi connectivity index (χ0n) is 10.8. The van der Waals surface area contributed by atoms with Gasteiger partial charge in [-0.1, -0.05) is 24.9 Å². The van der Waals surface area contributed by atoms with Gasteiger partial charge >= 0.3 is 0 Å². The van der Waals surface area contributed by atoms with Crippen LogP contribution in [0, 0.1) is 0 Å². The van der Waals surface area contributed by atoms with Gasteiger partial charge in [-0.3, -0.25) is 0 Å². The van der Waals surface area contributed by atoms with Gasteiger partial charge in [-0.15, -0.1) is 0 Å². The SMILES string of the molecule is CCCc1ccn(Cc2cnc3ccc(Cl)nn23)c1. The molecule has 4 nitrogen and oxygen atoms in total. The highest BCUT2D eigenvalue weighted by Gasteiger charge is 2.06. The van der Waals surface area contributed by atoms with Gasteiger partial charge in [0, 0.05) is 12.4 Å². The normalized spacial score (nSPS) is 11.3. The van der Waals surface area contributed by atoms with Crippen molar-refractivity contribution < 1.29 is 0 Å². The minimum Gasteiger partial charge on any atom is -0.348 e. The first-order valence-electron chi connectivity index (χ1n) is 6.40. The second-order valence-electron chi connectivity index (χ2n) is 4.62. The molecule has 3 aromatic rings. The largest absolute Gasteiger partial charge is 0.348 e. The molecule has 0 unspecified atom stereocenters. The number of hydrogen-bond donors (Lipinski definition) is 0. The Bertz CT molecular complexity index is 698. The van der Waals surface area contributed by atoms with Crippen LogP contribution in [-0.4, -0.2) is 19.2 Å². The summed E-state index contributed by atoms with van der Waals surface area (Å²) in [5.74, 6) is 0. The molecule has 0 atom stereocenters. The number of imidazole rings is 1. The van der Waals surface area contributed by atoms with Crippen molar-refractivity contribution in [1.29, 1.82) is 0 Å². The van der Waals surface area contributed by atoms with E-state index in [4.69, 9.17) is 11.6 Å². The first-order chi connectivity index (χ1) is 9.26. The van der Waals surface area contributed by atoms with E-state index < -0.39 is 0 Å². The molecular formula is C14H15ClN4. The standard InChI is InChI=1S/C14H15ClN4/c1-2-3-11-6-7-18(9-11)10-12-8-16-14-5-4-13(15)17-19(12)14/h4-9H,2-3,10H2,1H3. The predicted molar refractivity (Wildman–Crippen MR) is 75.5 cm³/mol. The zero-order valence-corrected chi connectivity index (χ0v) is 11.5. The average Bonchev–Trinajstić information content (AvgIpc) is 2.98. The lowest BCUT2D eigenvalue weighted by atomic mass is 10.2. The molecule has 3 heterocycles. The molecular weight excluding hydrogens is 260 g/mol. The second kappa shape index (κ2) is 5.05. The molecule has 0 aliphatic heterocycles. The molecule has 0 saturated heterocycles. The van der Waals surface area contributed by atoms with Crippen molar-refractivity contribution in [3.63, 3.8) is 0 Å². The van der Waals surface area contributed by atoms with Crippen LogP contribution in [0.5, 0.6) is 0 Å². The maximum absolute atomic E-state index is 5.93. The smallest absolute Gasteiger partial charge is 0.153 e. The molecule has 0 amide bonds. The third-order valence-electron chi connectivity index (χ3n) is 3.10. The van der Waals surface area contributed by atoms with E-state index in [1.807, 2.05) is 12.3 Å². The number of fused-ring (bicyclic) bond motifs is 1. The lowest BCUT2D eigenvalue weighted by Crippen LogP contribution is -2.03. The van der Waals surface area contributed by atoms with E-state index in [0.717, 1.165) is 30.7 Å². The van der Waals surface area contributed by atoms with Gasteiger partial charge in [-0.25, -0.2) is 9.50 Å². The summed E-state index contributed by atoms with van der Waals surface area (Å²) >= 11 is 5.93. The Kier molecular flexibility index (Phi) is 3.25. The van der Waals surface area contributed by atoms with Gasteiger partial charge in [-0.2, -0.15) is 5.10 Å². The van der Waals surface area contributed by atoms with Crippen LogP contribution in [0.3, 0.4) is 0 Å². The van der Waals surface area contributed by atoms with E-state index in [9.17, 15) is 0 Å². The first-order valence-corrected chi connectivity index (χ1v) is 6.78. The molecule has 0 aliphatic carbocycles.